The molecular formula is C20H23N5O3S. The Bertz CT molecular complexity index is 1230. The van der Waals surface area contributed by atoms with E-state index in [1.165, 1.54) is 10.9 Å². The summed E-state index contributed by atoms with van der Waals surface area (Å²) in [5.74, 6) is 0.560. The third-order valence-electron chi connectivity index (χ3n) is 4.92. The molecule has 0 spiro atoms. The number of rotatable bonds is 6. The monoisotopic (exact) mass is 413 g/mol. The van der Waals surface area contributed by atoms with E-state index in [4.69, 9.17) is 4.98 Å². The molecule has 1 atom stereocenters. The Hall–Kier alpha value is -2.78. The van der Waals surface area contributed by atoms with Gasteiger partial charge in [0.25, 0.3) is 5.56 Å². The van der Waals surface area contributed by atoms with Gasteiger partial charge in [-0.3, -0.25) is 4.79 Å². The average Bonchev–Trinajstić information content (AvgIpc) is 3.47. The van der Waals surface area contributed by atoms with E-state index in [0.29, 0.717) is 28.5 Å². The summed E-state index contributed by atoms with van der Waals surface area (Å²) in [7, 11) is -1.61. The fourth-order valence-corrected chi connectivity index (χ4v) is 4.01. The lowest BCUT2D eigenvalue weighted by Gasteiger charge is -2.14. The van der Waals surface area contributed by atoms with E-state index >= 15 is 0 Å². The first kappa shape index (κ1) is 19.5. The molecule has 1 aromatic carbocycles. The number of aryl methyl sites for hydroxylation is 1. The summed E-state index contributed by atoms with van der Waals surface area (Å²) >= 11 is 0. The minimum atomic E-state index is -3.29. The molecule has 2 heterocycles. The molecule has 8 nitrogen and oxygen atoms in total. The molecular weight excluding hydrogens is 390 g/mol. The highest BCUT2D eigenvalue weighted by molar-refractivity contribution is 7.88. The molecule has 0 saturated heterocycles. The molecule has 0 unspecified atom stereocenters. The van der Waals surface area contributed by atoms with E-state index in [1.807, 2.05) is 30.3 Å². The van der Waals surface area contributed by atoms with Crippen LogP contribution >= 0.6 is 0 Å². The molecule has 0 amide bonds. The van der Waals surface area contributed by atoms with Crippen molar-refractivity contribution in [3.63, 3.8) is 0 Å². The average molecular weight is 414 g/mol. The number of hydrogen-bond donors (Lipinski definition) is 2. The molecule has 4 rings (SSSR count). The Morgan fingerprint density at radius 1 is 1.21 bits per heavy atom. The van der Waals surface area contributed by atoms with Gasteiger partial charge in [0.15, 0.2) is 0 Å². The van der Waals surface area contributed by atoms with Gasteiger partial charge in [0, 0.05) is 24.7 Å². The number of hydrogen-bond acceptors (Lipinski definition) is 6. The summed E-state index contributed by atoms with van der Waals surface area (Å²) in [5, 5.41) is 3.85. The molecule has 3 aromatic rings. The summed E-state index contributed by atoms with van der Waals surface area (Å²) in [6.45, 7) is 1.79. The van der Waals surface area contributed by atoms with Gasteiger partial charge in [0.05, 0.1) is 23.8 Å². The molecule has 152 valence electrons. The van der Waals surface area contributed by atoms with Crippen molar-refractivity contribution in [1.29, 1.82) is 0 Å². The van der Waals surface area contributed by atoms with Gasteiger partial charge in [-0.1, -0.05) is 24.3 Å². The Labute approximate surface area is 169 Å². The van der Waals surface area contributed by atoms with Gasteiger partial charge >= 0.3 is 0 Å². The third-order valence-corrected chi connectivity index (χ3v) is 5.70. The molecule has 9 heteroatoms. The van der Waals surface area contributed by atoms with Crippen LogP contribution < -0.4 is 15.6 Å². The van der Waals surface area contributed by atoms with Crippen LogP contribution in [-0.2, 0) is 17.1 Å². The van der Waals surface area contributed by atoms with E-state index in [9.17, 15) is 13.2 Å². The van der Waals surface area contributed by atoms with E-state index in [-0.39, 0.29) is 11.6 Å². The highest BCUT2D eigenvalue weighted by Crippen LogP contribution is 2.30. The number of aromatic nitrogens is 3. The maximum Gasteiger partial charge on any atom is 0.264 e. The van der Waals surface area contributed by atoms with Gasteiger partial charge < -0.3 is 9.88 Å². The van der Waals surface area contributed by atoms with Crippen molar-refractivity contribution >= 4 is 26.7 Å². The second-order valence-corrected chi connectivity index (χ2v) is 9.34. The predicted octanol–water partition coefficient (Wildman–Crippen LogP) is 2.18. The number of sulfonamides is 1. The molecule has 1 fully saturated rings. The number of nitrogens with one attached hydrogen (secondary N) is 2. The normalized spacial score (nSPS) is 15.4. The van der Waals surface area contributed by atoms with Gasteiger partial charge in [-0.2, -0.15) is 0 Å². The Morgan fingerprint density at radius 3 is 2.52 bits per heavy atom. The molecule has 2 N–H and O–H groups in total. The zero-order valence-corrected chi connectivity index (χ0v) is 17.3. The molecule has 29 heavy (non-hydrogen) atoms. The first-order valence-corrected chi connectivity index (χ1v) is 11.3. The molecule has 2 aromatic heterocycles. The molecule has 1 saturated carbocycles. The van der Waals surface area contributed by atoms with Gasteiger partial charge in [-0.05, 0) is 31.4 Å². The van der Waals surface area contributed by atoms with Crippen molar-refractivity contribution < 1.29 is 8.42 Å². The van der Waals surface area contributed by atoms with Gasteiger partial charge in [-0.15, -0.1) is 0 Å². The Kier molecular flexibility index (Phi) is 4.87. The quantitative estimate of drug-likeness (QED) is 0.642. The maximum absolute atomic E-state index is 12.6. The second kappa shape index (κ2) is 7.23. The molecule has 1 aliphatic rings. The molecule has 0 bridgehead atoms. The van der Waals surface area contributed by atoms with Crippen LogP contribution in [-0.4, -0.2) is 35.3 Å². The van der Waals surface area contributed by atoms with Crippen LogP contribution in [0.25, 0.3) is 22.2 Å². The smallest absolute Gasteiger partial charge is 0.264 e. The number of benzene rings is 1. The minimum Gasteiger partial charge on any atom is -0.367 e. The van der Waals surface area contributed by atoms with Crippen LogP contribution in [0.15, 0.2) is 41.5 Å². The lowest BCUT2D eigenvalue weighted by atomic mass is 10.0. The molecule has 0 radical (unpaired) electrons. The number of anilines is 1. The fraction of sp³-hybridized carbons (Fsp3) is 0.350. The van der Waals surface area contributed by atoms with Crippen LogP contribution in [0.1, 0.15) is 31.4 Å². The van der Waals surface area contributed by atoms with Gasteiger partial charge in [0.2, 0.25) is 10.0 Å². The number of fused-ring (bicyclic) bond motifs is 1. The maximum atomic E-state index is 12.6. The van der Waals surface area contributed by atoms with Crippen molar-refractivity contribution in [2.24, 2.45) is 7.05 Å². The zero-order chi connectivity index (χ0) is 20.8. The summed E-state index contributed by atoms with van der Waals surface area (Å²) in [6.07, 6.45) is 4.78. The van der Waals surface area contributed by atoms with Gasteiger partial charge in [0.1, 0.15) is 11.2 Å². The van der Waals surface area contributed by atoms with Crippen molar-refractivity contribution in [3.05, 3.63) is 52.6 Å². The minimum absolute atomic E-state index is 0.131. The van der Waals surface area contributed by atoms with Crippen LogP contribution in [0.3, 0.4) is 0 Å². The van der Waals surface area contributed by atoms with E-state index in [0.717, 1.165) is 30.2 Å². The van der Waals surface area contributed by atoms with Crippen molar-refractivity contribution in [1.82, 2.24) is 19.3 Å². The third kappa shape index (κ3) is 4.30. The molecule has 0 aliphatic heterocycles. The largest absolute Gasteiger partial charge is 0.367 e. The van der Waals surface area contributed by atoms with E-state index in [2.05, 4.69) is 15.0 Å². The summed E-state index contributed by atoms with van der Waals surface area (Å²) in [6, 6.07) is 9.35. The van der Waals surface area contributed by atoms with Crippen LogP contribution in [0.5, 0.6) is 0 Å². The lowest BCUT2D eigenvalue weighted by molar-refractivity contribution is 0.573. The lowest BCUT2D eigenvalue weighted by Crippen LogP contribution is -2.25. The van der Waals surface area contributed by atoms with Crippen molar-refractivity contribution in [3.8, 4) is 11.3 Å². The zero-order valence-electron chi connectivity index (χ0n) is 16.5. The second-order valence-electron chi connectivity index (χ2n) is 7.56. The van der Waals surface area contributed by atoms with Gasteiger partial charge in [-0.25, -0.2) is 23.1 Å². The number of pyridine rings is 1. The topological polar surface area (TPSA) is 106 Å². The first-order chi connectivity index (χ1) is 13.7. The first-order valence-electron chi connectivity index (χ1n) is 9.42. The Morgan fingerprint density at radius 2 is 1.90 bits per heavy atom. The number of nitrogens with zero attached hydrogens (tertiary/aromatic N) is 3. The summed E-state index contributed by atoms with van der Waals surface area (Å²) in [5.41, 5.74) is 2.88. The standard InChI is InChI=1S/C20H23N5O3S/c1-12(24-29(3,27)28)13-4-6-14(7-5-13)16-10-17-18(20(26)25(2)11-21-17)19(23-16)22-15-8-9-15/h4-7,10-12,15,24H,8-9H2,1-3H3,(H,22,23)/t12-/m0/s1. The van der Waals surface area contributed by atoms with Crippen molar-refractivity contribution in [2.45, 2.75) is 31.8 Å². The SMILES string of the molecule is C[C@H](NS(C)(=O)=O)c1ccc(-c2cc3ncn(C)c(=O)c3c(NC3CC3)n2)cc1. The van der Waals surface area contributed by atoms with Crippen LogP contribution in [0, 0.1) is 0 Å². The summed E-state index contributed by atoms with van der Waals surface area (Å²) in [4.78, 5) is 21.7. The predicted molar refractivity (Wildman–Crippen MR) is 113 cm³/mol. The summed E-state index contributed by atoms with van der Waals surface area (Å²) < 4.78 is 26.9. The van der Waals surface area contributed by atoms with Crippen molar-refractivity contribution in [2.75, 3.05) is 11.6 Å². The highest BCUT2D eigenvalue weighted by Gasteiger charge is 2.24. The van der Waals surface area contributed by atoms with E-state index < -0.39 is 10.0 Å². The highest BCUT2D eigenvalue weighted by atomic mass is 32.2. The molecule has 1 aliphatic carbocycles. The van der Waals surface area contributed by atoms with Crippen LogP contribution in [0.2, 0.25) is 0 Å². The van der Waals surface area contributed by atoms with Crippen LogP contribution in [0.4, 0.5) is 5.82 Å². The van der Waals surface area contributed by atoms with E-state index in [1.54, 1.807) is 14.0 Å². The Balaban J connectivity index is 1.74. The fourth-order valence-electron chi connectivity index (χ4n) is 3.23.